The number of hydrogen-bond acceptors (Lipinski definition) is 4. The Hall–Kier alpha value is -3.09. The molecule has 0 radical (unpaired) electrons. The second kappa shape index (κ2) is 8.04. The van der Waals surface area contributed by atoms with Crippen molar-refractivity contribution in [2.75, 3.05) is 4.31 Å². The number of aryl methyl sites for hydroxylation is 2. The molecule has 3 aromatic carbocycles. The third-order valence-corrected chi connectivity index (χ3v) is 8.42. The summed E-state index contributed by atoms with van der Waals surface area (Å²) in [6.07, 6.45) is -0.656. The van der Waals surface area contributed by atoms with Gasteiger partial charge in [-0.15, -0.1) is 0 Å². The van der Waals surface area contributed by atoms with Gasteiger partial charge in [0, 0.05) is 11.3 Å². The molecule has 4 aromatic rings. The van der Waals surface area contributed by atoms with E-state index in [0.29, 0.717) is 28.8 Å². The molecule has 1 aromatic heterocycles. The molecule has 0 spiro atoms. The Bertz CT molecular complexity index is 1410. The van der Waals surface area contributed by atoms with E-state index in [4.69, 9.17) is 4.42 Å². The Kier molecular flexibility index (Phi) is 5.30. The number of aliphatic hydroxyl groups is 1. The molecule has 1 N–H and O–H groups in total. The first kappa shape index (κ1) is 21.7. The van der Waals surface area contributed by atoms with Crippen molar-refractivity contribution in [3.63, 3.8) is 0 Å². The number of benzene rings is 3. The van der Waals surface area contributed by atoms with E-state index in [9.17, 15) is 13.5 Å². The molecule has 0 saturated carbocycles. The summed E-state index contributed by atoms with van der Waals surface area (Å²) in [7, 11) is -4.03. The van der Waals surface area contributed by atoms with Crippen molar-refractivity contribution in [3.05, 3.63) is 95.2 Å². The van der Waals surface area contributed by atoms with Gasteiger partial charge in [0.2, 0.25) is 0 Å². The van der Waals surface area contributed by atoms with Crippen molar-refractivity contribution in [1.29, 1.82) is 0 Å². The smallest absolute Gasteiger partial charge is 0.266 e. The summed E-state index contributed by atoms with van der Waals surface area (Å²) in [4.78, 5) is 0.145. The van der Waals surface area contributed by atoms with Crippen LogP contribution in [0.5, 0.6) is 0 Å². The van der Waals surface area contributed by atoms with E-state index in [1.54, 1.807) is 24.3 Å². The number of sulfonamides is 1. The highest BCUT2D eigenvalue weighted by atomic mass is 32.2. The van der Waals surface area contributed by atoms with Gasteiger partial charge in [-0.3, -0.25) is 0 Å². The molecular weight excluding hydrogens is 434 g/mol. The number of para-hydroxylation sites is 1. The second-order valence-electron chi connectivity index (χ2n) is 8.80. The Balaban J connectivity index is 1.79. The Morgan fingerprint density at radius 3 is 2.15 bits per heavy atom. The van der Waals surface area contributed by atoms with Gasteiger partial charge in [-0.05, 0) is 50.1 Å². The van der Waals surface area contributed by atoms with Crippen LogP contribution in [-0.2, 0) is 10.0 Å². The first-order valence-corrected chi connectivity index (χ1v) is 12.6. The molecule has 3 atom stereocenters. The van der Waals surface area contributed by atoms with Crippen LogP contribution in [0.4, 0.5) is 5.69 Å². The monoisotopic (exact) mass is 461 g/mol. The Morgan fingerprint density at radius 2 is 1.52 bits per heavy atom. The van der Waals surface area contributed by atoms with Crippen LogP contribution in [0.25, 0.3) is 11.0 Å². The van der Waals surface area contributed by atoms with Crippen molar-refractivity contribution in [2.24, 2.45) is 5.92 Å². The zero-order chi connectivity index (χ0) is 23.3. The molecule has 1 unspecified atom stereocenters. The van der Waals surface area contributed by atoms with Crippen molar-refractivity contribution in [1.82, 2.24) is 0 Å². The lowest BCUT2D eigenvalue weighted by Crippen LogP contribution is -2.49. The lowest BCUT2D eigenvalue weighted by molar-refractivity contribution is 0.0941. The third-order valence-electron chi connectivity index (χ3n) is 6.64. The molecule has 0 amide bonds. The average Bonchev–Trinajstić information content (AvgIpc) is 3.18. The maximum absolute atomic E-state index is 13.9. The summed E-state index contributed by atoms with van der Waals surface area (Å²) in [5.74, 6) is -0.0636. The van der Waals surface area contributed by atoms with Crippen LogP contribution in [0.3, 0.4) is 0 Å². The van der Waals surface area contributed by atoms with Gasteiger partial charge in [0.1, 0.15) is 23.3 Å². The average molecular weight is 462 g/mol. The fourth-order valence-corrected chi connectivity index (χ4v) is 6.44. The zero-order valence-corrected chi connectivity index (χ0v) is 19.7. The number of aliphatic hydroxyl groups excluding tert-OH is 1. The molecule has 33 heavy (non-hydrogen) atoms. The van der Waals surface area contributed by atoms with E-state index in [1.165, 1.54) is 4.31 Å². The molecule has 1 aliphatic rings. The van der Waals surface area contributed by atoms with Gasteiger partial charge in [-0.25, -0.2) is 12.7 Å². The summed E-state index contributed by atoms with van der Waals surface area (Å²) < 4.78 is 35.3. The lowest BCUT2D eigenvalue weighted by atomic mass is 9.78. The standard InChI is InChI=1S/C27H27NO4S/c1-4-21-24(19-13-9-17(2)10-14-19)26-25(22-7-5-6-8-23(22)32-26)28(27(21)29)33(30,31)20-15-11-18(3)12-16-20/h5-16,21,24,27,29H,4H2,1-3H3/t21-,24-,27?/m1/s1. The summed E-state index contributed by atoms with van der Waals surface area (Å²) in [5.41, 5.74) is 4.13. The minimum absolute atomic E-state index is 0.145. The van der Waals surface area contributed by atoms with Crippen molar-refractivity contribution in [2.45, 2.75) is 44.2 Å². The van der Waals surface area contributed by atoms with Gasteiger partial charge in [0.05, 0.1) is 10.8 Å². The highest BCUT2D eigenvalue weighted by molar-refractivity contribution is 7.92. The number of hydrogen-bond donors (Lipinski definition) is 1. The topological polar surface area (TPSA) is 70.8 Å². The summed E-state index contributed by atoms with van der Waals surface area (Å²) >= 11 is 0. The van der Waals surface area contributed by atoms with Gasteiger partial charge in [-0.1, -0.05) is 66.6 Å². The number of nitrogens with zero attached hydrogens (tertiary/aromatic N) is 1. The predicted octanol–water partition coefficient (Wildman–Crippen LogP) is 5.74. The molecule has 170 valence electrons. The van der Waals surface area contributed by atoms with Gasteiger partial charge in [-0.2, -0.15) is 0 Å². The van der Waals surface area contributed by atoms with E-state index in [1.807, 2.05) is 69.3 Å². The van der Waals surface area contributed by atoms with Crippen LogP contribution < -0.4 is 4.31 Å². The van der Waals surface area contributed by atoms with Crippen molar-refractivity contribution in [3.8, 4) is 0 Å². The highest BCUT2D eigenvalue weighted by Crippen LogP contribution is 2.52. The molecule has 0 fully saturated rings. The van der Waals surface area contributed by atoms with Gasteiger partial charge in [0.25, 0.3) is 10.0 Å². The molecule has 0 bridgehead atoms. The minimum atomic E-state index is -4.03. The molecule has 5 nitrogen and oxygen atoms in total. The predicted molar refractivity (Wildman–Crippen MR) is 130 cm³/mol. The zero-order valence-electron chi connectivity index (χ0n) is 18.9. The highest BCUT2D eigenvalue weighted by Gasteiger charge is 2.48. The largest absolute Gasteiger partial charge is 0.458 e. The fourth-order valence-electron chi connectivity index (χ4n) is 4.87. The van der Waals surface area contributed by atoms with E-state index < -0.39 is 16.3 Å². The molecule has 5 rings (SSSR count). The molecule has 0 aliphatic carbocycles. The quantitative estimate of drug-likeness (QED) is 0.421. The van der Waals surface area contributed by atoms with Crippen molar-refractivity contribution >= 4 is 26.7 Å². The number of furan rings is 1. The normalized spacial score (nSPS) is 20.7. The summed E-state index contributed by atoms with van der Waals surface area (Å²) in [6.45, 7) is 5.91. The Labute approximate surface area is 194 Å². The van der Waals surface area contributed by atoms with Crippen molar-refractivity contribution < 1.29 is 17.9 Å². The first-order chi connectivity index (χ1) is 15.8. The SMILES string of the molecule is CC[C@H]1C(O)N(S(=O)(=O)c2ccc(C)cc2)c2c(oc3ccccc23)[C@@H]1c1ccc(C)cc1. The van der Waals surface area contributed by atoms with Crippen LogP contribution in [0.1, 0.15) is 41.7 Å². The molecule has 1 aliphatic heterocycles. The van der Waals surface area contributed by atoms with Crippen LogP contribution in [0.15, 0.2) is 82.1 Å². The van der Waals surface area contributed by atoms with Gasteiger partial charge < -0.3 is 9.52 Å². The maximum atomic E-state index is 13.9. The molecular formula is C27H27NO4S. The number of anilines is 1. The van der Waals surface area contributed by atoms with E-state index in [2.05, 4.69) is 0 Å². The van der Waals surface area contributed by atoms with E-state index >= 15 is 0 Å². The molecule has 0 saturated heterocycles. The number of rotatable bonds is 4. The third kappa shape index (κ3) is 3.45. The van der Waals surface area contributed by atoms with Crippen LogP contribution >= 0.6 is 0 Å². The van der Waals surface area contributed by atoms with Crippen LogP contribution in [0.2, 0.25) is 0 Å². The lowest BCUT2D eigenvalue weighted by Gasteiger charge is -2.42. The fraction of sp³-hybridized carbons (Fsp3) is 0.259. The van der Waals surface area contributed by atoms with E-state index in [-0.39, 0.29) is 16.7 Å². The van der Waals surface area contributed by atoms with Gasteiger partial charge in [0.15, 0.2) is 0 Å². The summed E-state index contributed by atoms with van der Waals surface area (Å²) in [5, 5.41) is 12.3. The maximum Gasteiger partial charge on any atom is 0.266 e. The number of fused-ring (bicyclic) bond motifs is 3. The summed E-state index contributed by atoms with van der Waals surface area (Å²) in [6, 6.07) is 22.3. The molecule has 2 heterocycles. The minimum Gasteiger partial charge on any atom is -0.458 e. The Morgan fingerprint density at radius 1 is 0.909 bits per heavy atom. The van der Waals surface area contributed by atoms with Crippen LogP contribution in [-0.4, -0.2) is 19.8 Å². The first-order valence-electron chi connectivity index (χ1n) is 11.2. The molecule has 6 heteroatoms. The van der Waals surface area contributed by atoms with E-state index in [0.717, 1.165) is 16.7 Å². The van der Waals surface area contributed by atoms with Crippen LogP contribution in [0, 0.1) is 19.8 Å². The van der Waals surface area contributed by atoms with Gasteiger partial charge >= 0.3 is 0 Å². The second-order valence-corrected chi connectivity index (χ2v) is 10.6.